The van der Waals surface area contributed by atoms with Crippen LogP contribution in [0.25, 0.3) is 11.3 Å². The molecule has 0 saturated carbocycles. The molecule has 37 heavy (non-hydrogen) atoms. The van der Waals surface area contributed by atoms with Gasteiger partial charge in [0.15, 0.2) is 4.80 Å². The zero-order valence-electron chi connectivity index (χ0n) is 21.5. The van der Waals surface area contributed by atoms with Gasteiger partial charge in [0.05, 0.1) is 22.8 Å². The number of hydrogen-bond acceptors (Lipinski definition) is 4. The highest BCUT2D eigenvalue weighted by atomic mass is 32.2. The van der Waals surface area contributed by atoms with Gasteiger partial charge in [0.1, 0.15) is 0 Å². The molecule has 5 rings (SSSR count). The van der Waals surface area contributed by atoms with E-state index in [1.54, 1.807) is 21.7 Å². The Kier molecular flexibility index (Phi) is 7.47. The minimum absolute atomic E-state index is 0.348. The first kappa shape index (κ1) is 25.6. The van der Waals surface area contributed by atoms with Crippen LogP contribution in [0.3, 0.4) is 0 Å². The maximum atomic E-state index is 13.6. The Morgan fingerprint density at radius 1 is 0.919 bits per heavy atom. The highest BCUT2D eigenvalue weighted by Gasteiger charge is 2.31. The van der Waals surface area contributed by atoms with Crippen molar-refractivity contribution in [2.45, 2.75) is 38.6 Å². The minimum atomic E-state index is -3.57. The number of rotatable bonds is 6. The average Bonchev–Trinajstić information content (AvgIpc) is 3.27. The number of aryl methyl sites for hydroxylation is 1. The van der Waals surface area contributed by atoms with Crippen LogP contribution in [0.1, 0.15) is 31.4 Å². The molecule has 0 radical (unpaired) electrons. The topological polar surface area (TPSA) is 54.7 Å². The van der Waals surface area contributed by atoms with Gasteiger partial charge in [-0.05, 0) is 55.0 Å². The van der Waals surface area contributed by atoms with E-state index in [4.69, 9.17) is 4.99 Å². The van der Waals surface area contributed by atoms with Crippen LogP contribution >= 0.6 is 11.3 Å². The largest absolute Gasteiger partial charge is 0.312 e. The van der Waals surface area contributed by atoms with Crippen molar-refractivity contribution < 1.29 is 8.42 Å². The summed E-state index contributed by atoms with van der Waals surface area (Å²) in [6.45, 7) is 8.13. The number of nitrogens with zero attached hydrogens (tertiary/aromatic N) is 3. The van der Waals surface area contributed by atoms with Crippen LogP contribution in [-0.4, -0.2) is 30.4 Å². The molecular formula is C30H33N3O2S2. The van der Waals surface area contributed by atoms with Crippen LogP contribution < -0.4 is 4.80 Å². The van der Waals surface area contributed by atoms with Gasteiger partial charge in [0, 0.05) is 24.0 Å². The molecule has 7 heteroatoms. The van der Waals surface area contributed by atoms with E-state index in [-0.39, 0.29) is 0 Å². The number of hydrogen-bond donors (Lipinski definition) is 0. The number of thiazole rings is 1. The first-order chi connectivity index (χ1) is 17.8. The van der Waals surface area contributed by atoms with Gasteiger partial charge < -0.3 is 4.57 Å². The molecule has 1 aliphatic heterocycles. The van der Waals surface area contributed by atoms with E-state index in [0.29, 0.717) is 36.4 Å². The summed E-state index contributed by atoms with van der Waals surface area (Å²) in [5.74, 6) is 0.717. The Labute approximate surface area is 223 Å². The number of aromatic nitrogens is 1. The maximum absolute atomic E-state index is 13.6. The summed E-state index contributed by atoms with van der Waals surface area (Å²) < 4.78 is 31.1. The molecule has 2 atom stereocenters. The number of piperidine rings is 1. The predicted octanol–water partition coefficient (Wildman–Crippen LogP) is 6.47. The van der Waals surface area contributed by atoms with Crippen LogP contribution in [0.2, 0.25) is 0 Å². The molecule has 4 aromatic rings. The molecule has 192 valence electrons. The van der Waals surface area contributed by atoms with E-state index >= 15 is 0 Å². The fourth-order valence-electron chi connectivity index (χ4n) is 5.06. The molecule has 0 aliphatic carbocycles. The fourth-order valence-corrected chi connectivity index (χ4v) is 7.71. The summed E-state index contributed by atoms with van der Waals surface area (Å²) >= 11 is 1.57. The quantitative estimate of drug-likeness (QED) is 0.286. The molecule has 5 nitrogen and oxygen atoms in total. The third-order valence-electron chi connectivity index (χ3n) is 6.84. The molecule has 0 amide bonds. The van der Waals surface area contributed by atoms with Crippen LogP contribution in [0.15, 0.2) is 94.1 Å². The van der Waals surface area contributed by atoms with E-state index in [0.717, 1.165) is 28.2 Å². The van der Waals surface area contributed by atoms with E-state index in [1.807, 2.05) is 48.5 Å². The Hall–Kier alpha value is -3.00. The Morgan fingerprint density at radius 3 is 2.32 bits per heavy atom. The summed E-state index contributed by atoms with van der Waals surface area (Å²) in [5.41, 5.74) is 5.10. The minimum Gasteiger partial charge on any atom is -0.312 e. The fraction of sp³-hybridized carbons (Fsp3) is 0.300. The van der Waals surface area contributed by atoms with Gasteiger partial charge in [0.25, 0.3) is 0 Å². The smallest absolute Gasteiger partial charge is 0.243 e. The van der Waals surface area contributed by atoms with Gasteiger partial charge in [-0.25, -0.2) is 13.4 Å². The molecule has 2 heterocycles. The lowest BCUT2D eigenvalue weighted by molar-refractivity contribution is 0.222. The van der Waals surface area contributed by atoms with Gasteiger partial charge in [-0.15, -0.1) is 11.3 Å². The van der Waals surface area contributed by atoms with Crippen molar-refractivity contribution in [2.75, 3.05) is 13.1 Å². The van der Waals surface area contributed by atoms with Gasteiger partial charge in [0.2, 0.25) is 10.0 Å². The van der Waals surface area contributed by atoms with E-state index in [2.05, 4.69) is 55.0 Å². The Balaban J connectivity index is 1.57. The number of sulfonamides is 1. The molecule has 3 aromatic carbocycles. The highest BCUT2D eigenvalue weighted by Crippen LogP contribution is 2.30. The van der Waals surface area contributed by atoms with Crippen LogP contribution in [0, 0.1) is 18.8 Å². The monoisotopic (exact) mass is 531 g/mol. The molecule has 1 aromatic heterocycles. The molecule has 0 spiro atoms. The molecular weight excluding hydrogens is 498 g/mol. The zero-order valence-corrected chi connectivity index (χ0v) is 23.2. The summed E-state index contributed by atoms with van der Waals surface area (Å²) in [6, 6.07) is 25.8. The number of benzene rings is 3. The lowest BCUT2D eigenvalue weighted by Gasteiger charge is -2.34. The molecule has 1 saturated heterocycles. The first-order valence-electron chi connectivity index (χ1n) is 12.7. The molecule has 0 bridgehead atoms. The van der Waals surface area contributed by atoms with Gasteiger partial charge in [-0.1, -0.05) is 74.0 Å². The third-order valence-corrected chi connectivity index (χ3v) is 9.53. The summed E-state index contributed by atoms with van der Waals surface area (Å²) in [5, 5.41) is 2.08. The van der Waals surface area contributed by atoms with Gasteiger partial charge in [-0.3, -0.25) is 0 Å². The molecule has 1 fully saturated rings. The van der Waals surface area contributed by atoms with Crippen molar-refractivity contribution in [1.29, 1.82) is 0 Å². The Morgan fingerprint density at radius 2 is 1.62 bits per heavy atom. The van der Waals surface area contributed by atoms with Crippen LogP contribution in [0.5, 0.6) is 0 Å². The Bertz CT molecular complexity index is 1530. The third kappa shape index (κ3) is 5.79. The second kappa shape index (κ2) is 10.8. The van der Waals surface area contributed by atoms with Crippen molar-refractivity contribution in [3.8, 4) is 11.3 Å². The number of para-hydroxylation sites is 1. The lowest BCUT2D eigenvalue weighted by Crippen LogP contribution is -2.42. The van der Waals surface area contributed by atoms with Crippen molar-refractivity contribution in [3.05, 3.63) is 100 Å². The molecule has 0 N–H and O–H groups in total. The summed E-state index contributed by atoms with van der Waals surface area (Å²) in [6.07, 6.45) is 1.06. The standard InChI is InChI=1S/C30H33N3O2S2/c1-22-12-14-25(15-13-22)20-33-29(21-36-30(33)31-27-9-5-4-6-10-27)26-8-7-11-28(17-26)37(34,35)32-18-23(2)16-24(3)19-32/h4-15,17,21,23-24H,16,18-20H2,1-3H3. The van der Waals surface area contributed by atoms with Gasteiger partial charge >= 0.3 is 0 Å². The lowest BCUT2D eigenvalue weighted by atomic mass is 9.94. The van der Waals surface area contributed by atoms with Crippen molar-refractivity contribution in [2.24, 2.45) is 16.8 Å². The van der Waals surface area contributed by atoms with E-state index < -0.39 is 10.0 Å². The highest BCUT2D eigenvalue weighted by molar-refractivity contribution is 7.89. The first-order valence-corrected chi connectivity index (χ1v) is 15.1. The zero-order chi connectivity index (χ0) is 26.0. The SMILES string of the molecule is Cc1ccc(Cn2c(-c3cccc(S(=O)(=O)N4CC(C)CC(C)C4)c3)csc2=Nc2ccccc2)cc1. The van der Waals surface area contributed by atoms with E-state index in [1.165, 1.54) is 11.1 Å². The van der Waals surface area contributed by atoms with Crippen LogP contribution in [0.4, 0.5) is 5.69 Å². The normalized spacial score (nSPS) is 19.3. The summed E-state index contributed by atoms with van der Waals surface area (Å²) in [4.78, 5) is 6.13. The van der Waals surface area contributed by atoms with E-state index in [9.17, 15) is 8.42 Å². The summed E-state index contributed by atoms with van der Waals surface area (Å²) in [7, 11) is -3.57. The van der Waals surface area contributed by atoms with Crippen molar-refractivity contribution >= 4 is 27.0 Å². The second-order valence-corrected chi connectivity index (χ2v) is 13.0. The van der Waals surface area contributed by atoms with Crippen LogP contribution in [-0.2, 0) is 16.6 Å². The molecule has 2 unspecified atom stereocenters. The van der Waals surface area contributed by atoms with Gasteiger partial charge in [-0.2, -0.15) is 4.31 Å². The second-order valence-electron chi connectivity index (χ2n) is 10.2. The van der Waals surface area contributed by atoms with Crippen molar-refractivity contribution in [3.63, 3.8) is 0 Å². The predicted molar refractivity (Wildman–Crippen MR) is 151 cm³/mol. The maximum Gasteiger partial charge on any atom is 0.243 e. The molecule has 1 aliphatic rings. The average molecular weight is 532 g/mol. The van der Waals surface area contributed by atoms with Crippen molar-refractivity contribution in [1.82, 2.24) is 8.87 Å².